The molecule has 1 nitrogen and oxygen atoms in total. The Morgan fingerprint density at radius 2 is 1.67 bits per heavy atom. The van der Waals surface area contributed by atoms with Crippen molar-refractivity contribution in [2.45, 2.75) is 33.1 Å². The van der Waals surface area contributed by atoms with Gasteiger partial charge in [0, 0.05) is 11.5 Å². The Morgan fingerprint density at radius 1 is 1.06 bits per heavy atom. The monoisotopic (exact) mass is 284 g/mol. The van der Waals surface area contributed by atoms with Gasteiger partial charge in [0.1, 0.15) is 0 Å². The summed E-state index contributed by atoms with van der Waals surface area (Å²) in [5.74, 6) is 1.61. The smallest absolute Gasteiger partial charge is 0.166 e. The van der Waals surface area contributed by atoms with Crippen molar-refractivity contribution in [2.75, 3.05) is 0 Å². The van der Waals surface area contributed by atoms with E-state index in [-0.39, 0.29) is 11.7 Å². The molecule has 3 heteroatoms. The second-order valence-electron chi connectivity index (χ2n) is 5.61. The first-order valence-electron chi connectivity index (χ1n) is 6.46. The van der Waals surface area contributed by atoms with Crippen molar-refractivity contribution in [3.05, 3.63) is 33.8 Å². The first-order valence-corrected chi connectivity index (χ1v) is 7.22. The van der Waals surface area contributed by atoms with Gasteiger partial charge >= 0.3 is 0 Å². The summed E-state index contributed by atoms with van der Waals surface area (Å²) in [7, 11) is 0. The van der Waals surface area contributed by atoms with Crippen molar-refractivity contribution >= 4 is 29.0 Å². The second-order valence-corrected chi connectivity index (χ2v) is 6.42. The molecule has 0 bridgehead atoms. The molecule has 1 aromatic carbocycles. The quantitative estimate of drug-likeness (QED) is 0.678. The minimum absolute atomic E-state index is 0.140. The highest BCUT2D eigenvalue weighted by Gasteiger charge is 2.29. The van der Waals surface area contributed by atoms with Crippen molar-refractivity contribution in [2.24, 2.45) is 17.8 Å². The number of ketones is 1. The number of carbonyl (C=O) groups is 1. The van der Waals surface area contributed by atoms with Crippen LogP contribution in [0.25, 0.3) is 0 Å². The van der Waals surface area contributed by atoms with E-state index >= 15 is 0 Å². The molecule has 0 N–H and O–H groups in total. The highest BCUT2D eigenvalue weighted by Crippen LogP contribution is 2.35. The summed E-state index contributed by atoms with van der Waals surface area (Å²) in [6.07, 6.45) is 3.21. The lowest BCUT2D eigenvalue weighted by atomic mass is 9.74. The molecule has 2 unspecified atom stereocenters. The van der Waals surface area contributed by atoms with Crippen molar-refractivity contribution in [3.8, 4) is 0 Å². The van der Waals surface area contributed by atoms with Crippen LogP contribution in [0.3, 0.4) is 0 Å². The molecular weight excluding hydrogens is 267 g/mol. The van der Waals surface area contributed by atoms with E-state index < -0.39 is 0 Å². The summed E-state index contributed by atoms with van der Waals surface area (Å²) in [6, 6.07) is 5.17. The van der Waals surface area contributed by atoms with Gasteiger partial charge in [-0.15, -0.1) is 0 Å². The summed E-state index contributed by atoms with van der Waals surface area (Å²) in [5.41, 5.74) is 0.690. The molecule has 1 fully saturated rings. The van der Waals surface area contributed by atoms with Gasteiger partial charge in [-0.25, -0.2) is 0 Å². The Kier molecular flexibility index (Phi) is 4.34. The maximum atomic E-state index is 12.5. The summed E-state index contributed by atoms with van der Waals surface area (Å²) in [4.78, 5) is 12.5. The van der Waals surface area contributed by atoms with E-state index in [4.69, 9.17) is 23.2 Å². The summed E-state index contributed by atoms with van der Waals surface area (Å²) < 4.78 is 0. The standard InChI is InChI=1S/C15H18Cl2O/c1-9-5-10(2)7-12(6-9)15(18)11-3-4-13(16)14(17)8-11/h3-4,8-10,12H,5-7H2,1-2H3. The van der Waals surface area contributed by atoms with Gasteiger partial charge in [-0.2, -0.15) is 0 Å². The fraction of sp³-hybridized carbons (Fsp3) is 0.533. The van der Waals surface area contributed by atoms with E-state index in [9.17, 15) is 4.79 Å². The molecule has 0 amide bonds. The minimum atomic E-state index is 0.140. The first-order chi connectivity index (χ1) is 8.47. The third-order valence-electron chi connectivity index (χ3n) is 3.75. The Hall–Kier alpha value is -0.530. The first kappa shape index (κ1) is 13.9. The molecule has 0 spiro atoms. The average Bonchev–Trinajstić information content (AvgIpc) is 2.30. The summed E-state index contributed by atoms with van der Waals surface area (Å²) in [6.45, 7) is 4.45. The molecular formula is C15H18Cl2O. The van der Waals surface area contributed by atoms with E-state index in [0.29, 0.717) is 27.4 Å². The van der Waals surface area contributed by atoms with Crippen molar-refractivity contribution in [3.63, 3.8) is 0 Å². The number of carbonyl (C=O) groups excluding carboxylic acids is 1. The predicted octanol–water partition coefficient (Wildman–Crippen LogP) is 5.25. The Balaban J connectivity index is 2.17. The highest BCUT2D eigenvalue weighted by molar-refractivity contribution is 6.42. The lowest BCUT2D eigenvalue weighted by Crippen LogP contribution is -2.26. The second kappa shape index (κ2) is 5.63. The lowest BCUT2D eigenvalue weighted by Gasteiger charge is -2.30. The van der Waals surface area contributed by atoms with Crippen LogP contribution in [0.2, 0.25) is 10.0 Å². The maximum Gasteiger partial charge on any atom is 0.166 e. The van der Waals surface area contributed by atoms with Crippen LogP contribution in [0.4, 0.5) is 0 Å². The van der Waals surface area contributed by atoms with Gasteiger partial charge in [0.15, 0.2) is 5.78 Å². The molecule has 1 aliphatic rings. The van der Waals surface area contributed by atoms with Crippen LogP contribution >= 0.6 is 23.2 Å². The Labute approximate surface area is 118 Å². The van der Waals surface area contributed by atoms with Crippen LogP contribution in [-0.4, -0.2) is 5.78 Å². The molecule has 98 valence electrons. The molecule has 0 saturated heterocycles. The van der Waals surface area contributed by atoms with E-state index in [1.54, 1.807) is 18.2 Å². The highest BCUT2D eigenvalue weighted by atomic mass is 35.5. The van der Waals surface area contributed by atoms with E-state index in [0.717, 1.165) is 12.8 Å². The lowest BCUT2D eigenvalue weighted by molar-refractivity contribution is 0.0836. The van der Waals surface area contributed by atoms with Gasteiger partial charge in [-0.3, -0.25) is 4.79 Å². The third kappa shape index (κ3) is 3.07. The molecule has 0 aliphatic heterocycles. The van der Waals surface area contributed by atoms with Crippen LogP contribution in [-0.2, 0) is 0 Å². The van der Waals surface area contributed by atoms with Crippen LogP contribution in [0.15, 0.2) is 18.2 Å². The number of rotatable bonds is 2. The molecule has 0 heterocycles. The van der Waals surface area contributed by atoms with Crippen LogP contribution in [0, 0.1) is 17.8 Å². The van der Waals surface area contributed by atoms with Crippen molar-refractivity contribution in [1.82, 2.24) is 0 Å². The van der Waals surface area contributed by atoms with Gasteiger partial charge in [0.25, 0.3) is 0 Å². The largest absolute Gasteiger partial charge is 0.294 e. The molecule has 18 heavy (non-hydrogen) atoms. The third-order valence-corrected chi connectivity index (χ3v) is 4.49. The Bertz CT molecular complexity index is 446. The van der Waals surface area contributed by atoms with Crippen LogP contribution in [0.5, 0.6) is 0 Å². The number of hydrogen-bond acceptors (Lipinski definition) is 1. The zero-order chi connectivity index (χ0) is 13.3. The zero-order valence-electron chi connectivity index (χ0n) is 10.7. The van der Waals surface area contributed by atoms with Crippen LogP contribution in [0.1, 0.15) is 43.5 Å². The number of Topliss-reactive ketones (excluding diaryl/α,β-unsaturated/α-hetero) is 1. The van der Waals surface area contributed by atoms with Gasteiger partial charge < -0.3 is 0 Å². The van der Waals surface area contributed by atoms with E-state index in [1.807, 2.05) is 0 Å². The number of benzene rings is 1. The number of halogens is 2. The van der Waals surface area contributed by atoms with Crippen molar-refractivity contribution < 1.29 is 4.79 Å². The molecule has 0 aromatic heterocycles. The molecule has 1 aromatic rings. The van der Waals surface area contributed by atoms with E-state index in [2.05, 4.69) is 13.8 Å². The van der Waals surface area contributed by atoms with E-state index in [1.165, 1.54) is 6.42 Å². The topological polar surface area (TPSA) is 17.1 Å². The zero-order valence-corrected chi connectivity index (χ0v) is 12.3. The molecule has 1 aliphatic carbocycles. The fourth-order valence-electron chi connectivity index (χ4n) is 3.05. The fourth-order valence-corrected chi connectivity index (χ4v) is 3.34. The summed E-state index contributed by atoms with van der Waals surface area (Å²) >= 11 is 11.8. The van der Waals surface area contributed by atoms with Gasteiger partial charge in [0.2, 0.25) is 0 Å². The van der Waals surface area contributed by atoms with Gasteiger partial charge in [-0.05, 0) is 49.3 Å². The summed E-state index contributed by atoms with van der Waals surface area (Å²) in [5, 5.41) is 0.956. The maximum absolute atomic E-state index is 12.5. The van der Waals surface area contributed by atoms with Gasteiger partial charge in [-0.1, -0.05) is 37.0 Å². The SMILES string of the molecule is CC1CC(C)CC(C(=O)c2ccc(Cl)c(Cl)c2)C1. The average molecular weight is 285 g/mol. The predicted molar refractivity (Wildman–Crippen MR) is 76.5 cm³/mol. The molecule has 2 atom stereocenters. The Morgan fingerprint density at radius 3 is 2.22 bits per heavy atom. The molecule has 1 saturated carbocycles. The van der Waals surface area contributed by atoms with Crippen LogP contribution < -0.4 is 0 Å². The molecule has 0 radical (unpaired) electrons. The number of hydrogen-bond donors (Lipinski definition) is 0. The van der Waals surface area contributed by atoms with Crippen molar-refractivity contribution in [1.29, 1.82) is 0 Å². The molecule has 2 rings (SSSR count). The normalized spacial score (nSPS) is 28.1. The van der Waals surface area contributed by atoms with Gasteiger partial charge in [0.05, 0.1) is 10.0 Å². The minimum Gasteiger partial charge on any atom is -0.294 e.